The summed E-state index contributed by atoms with van der Waals surface area (Å²) in [6, 6.07) is 8.66. The van der Waals surface area contributed by atoms with Crippen LogP contribution in [0.1, 0.15) is 48.3 Å². The topological polar surface area (TPSA) is 111 Å². The third kappa shape index (κ3) is 5.80. The van der Waals surface area contributed by atoms with Crippen molar-refractivity contribution >= 4 is 23.5 Å². The molecule has 2 fully saturated rings. The second-order valence-electron chi connectivity index (χ2n) is 10.6. The normalized spacial score (nSPS) is 19.5. The van der Waals surface area contributed by atoms with Gasteiger partial charge in [-0.1, -0.05) is 0 Å². The van der Waals surface area contributed by atoms with E-state index in [9.17, 15) is 4.79 Å². The zero-order chi connectivity index (χ0) is 27.5. The SMILES string of the molecule is Cc1ccc(-c2cc(N3CCN(c4ncc(C(=O)NCCO)cc4C)CC3C)nc(N3CCCC3C)n2)cn1. The lowest BCUT2D eigenvalue weighted by Crippen LogP contribution is -2.53. The molecule has 0 saturated carbocycles. The Balaban J connectivity index is 1.38. The molecule has 2 saturated heterocycles. The van der Waals surface area contributed by atoms with Gasteiger partial charge in [0.1, 0.15) is 11.6 Å². The van der Waals surface area contributed by atoms with Crippen molar-refractivity contribution in [2.45, 2.75) is 52.6 Å². The van der Waals surface area contributed by atoms with Gasteiger partial charge in [-0.15, -0.1) is 0 Å². The number of hydrogen-bond donors (Lipinski definition) is 2. The lowest BCUT2D eigenvalue weighted by molar-refractivity contribution is 0.0944. The van der Waals surface area contributed by atoms with Crippen molar-refractivity contribution < 1.29 is 9.90 Å². The second kappa shape index (κ2) is 11.5. The molecule has 0 aromatic carbocycles. The quantitative estimate of drug-likeness (QED) is 0.476. The predicted octanol–water partition coefficient (Wildman–Crippen LogP) is 2.98. The molecule has 0 spiro atoms. The average molecular weight is 531 g/mol. The fraction of sp³-hybridized carbons (Fsp3) is 0.483. The van der Waals surface area contributed by atoms with Crippen LogP contribution in [-0.4, -0.2) is 82.4 Å². The molecule has 10 heteroatoms. The zero-order valence-electron chi connectivity index (χ0n) is 23.3. The van der Waals surface area contributed by atoms with Crippen molar-refractivity contribution in [3.05, 3.63) is 53.5 Å². The van der Waals surface area contributed by atoms with Crippen LogP contribution >= 0.6 is 0 Å². The van der Waals surface area contributed by atoms with Gasteiger partial charge in [0.15, 0.2) is 0 Å². The van der Waals surface area contributed by atoms with Crippen molar-refractivity contribution in [1.29, 1.82) is 0 Å². The highest BCUT2D eigenvalue weighted by atomic mass is 16.3. The molecule has 10 nitrogen and oxygen atoms in total. The van der Waals surface area contributed by atoms with E-state index in [1.807, 2.05) is 32.2 Å². The van der Waals surface area contributed by atoms with Gasteiger partial charge in [-0.05, 0) is 64.3 Å². The molecule has 206 valence electrons. The summed E-state index contributed by atoms with van der Waals surface area (Å²) < 4.78 is 0. The van der Waals surface area contributed by atoms with Gasteiger partial charge in [-0.25, -0.2) is 9.97 Å². The summed E-state index contributed by atoms with van der Waals surface area (Å²) in [6.07, 6.45) is 5.81. The summed E-state index contributed by atoms with van der Waals surface area (Å²) in [6.45, 7) is 11.9. The first-order valence-electron chi connectivity index (χ1n) is 13.8. The molecule has 2 N–H and O–H groups in total. The van der Waals surface area contributed by atoms with E-state index in [2.05, 4.69) is 56.0 Å². The van der Waals surface area contributed by atoms with Crippen molar-refractivity contribution in [1.82, 2.24) is 25.3 Å². The fourth-order valence-corrected chi connectivity index (χ4v) is 5.48. The maximum absolute atomic E-state index is 12.3. The van der Waals surface area contributed by atoms with Crippen LogP contribution in [0.15, 0.2) is 36.7 Å². The number of carbonyl (C=O) groups excluding carboxylic acids is 1. The smallest absolute Gasteiger partial charge is 0.252 e. The van der Waals surface area contributed by atoms with Gasteiger partial charge in [0, 0.05) is 74.5 Å². The molecule has 2 unspecified atom stereocenters. The number of hydrogen-bond acceptors (Lipinski definition) is 9. The highest BCUT2D eigenvalue weighted by Crippen LogP contribution is 2.31. The van der Waals surface area contributed by atoms with Gasteiger partial charge < -0.3 is 25.1 Å². The number of rotatable bonds is 7. The standard InChI is InChI=1S/C29H38N8O2/c1-19-14-24(28(39)30-9-13-38)17-32-27(19)35-11-12-36(22(4)18-35)26-15-25(23-8-7-20(2)31-16-23)33-29(34-26)37-10-5-6-21(37)3/h7-8,14-17,21-22,38H,5-6,9-13,18H2,1-4H3,(H,30,39). The molecule has 3 aromatic heterocycles. The molecule has 0 bridgehead atoms. The minimum absolute atomic E-state index is 0.0906. The monoisotopic (exact) mass is 530 g/mol. The first-order valence-corrected chi connectivity index (χ1v) is 13.8. The van der Waals surface area contributed by atoms with Gasteiger partial charge in [0.05, 0.1) is 17.9 Å². The van der Waals surface area contributed by atoms with Crippen LogP contribution in [0.2, 0.25) is 0 Å². The summed E-state index contributed by atoms with van der Waals surface area (Å²) in [5.74, 6) is 2.38. The summed E-state index contributed by atoms with van der Waals surface area (Å²) >= 11 is 0. The van der Waals surface area contributed by atoms with Crippen LogP contribution in [-0.2, 0) is 0 Å². The predicted molar refractivity (Wildman–Crippen MR) is 153 cm³/mol. The molecule has 0 radical (unpaired) electrons. The summed E-state index contributed by atoms with van der Waals surface area (Å²) in [7, 11) is 0. The van der Waals surface area contributed by atoms with E-state index in [0.717, 1.165) is 79.1 Å². The first kappa shape index (κ1) is 26.8. The highest BCUT2D eigenvalue weighted by Gasteiger charge is 2.29. The Labute approximate surface area is 230 Å². The number of anilines is 3. The maximum atomic E-state index is 12.3. The molecule has 0 aliphatic carbocycles. The lowest BCUT2D eigenvalue weighted by atomic mass is 10.1. The molecular weight excluding hydrogens is 492 g/mol. The Morgan fingerprint density at radius 3 is 2.54 bits per heavy atom. The maximum Gasteiger partial charge on any atom is 0.252 e. The number of pyridine rings is 2. The summed E-state index contributed by atoms with van der Waals surface area (Å²) in [5, 5.41) is 11.7. The van der Waals surface area contributed by atoms with E-state index in [1.54, 1.807) is 6.20 Å². The number of carbonyl (C=O) groups is 1. The second-order valence-corrected chi connectivity index (χ2v) is 10.6. The van der Waals surface area contributed by atoms with Gasteiger partial charge in [-0.3, -0.25) is 9.78 Å². The minimum Gasteiger partial charge on any atom is -0.395 e. The van der Waals surface area contributed by atoms with Crippen molar-refractivity contribution in [2.24, 2.45) is 0 Å². The van der Waals surface area contributed by atoms with Crippen LogP contribution in [0, 0.1) is 13.8 Å². The van der Waals surface area contributed by atoms with Crippen LogP contribution in [0.3, 0.4) is 0 Å². The molecule has 2 atom stereocenters. The van der Waals surface area contributed by atoms with Gasteiger partial charge in [0.2, 0.25) is 5.95 Å². The van der Waals surface area contributed by atoms with Crippen LogP contribution < -0.4 is 20.0 Å². The molecule has 2 aliphatic rings. The van der Waals surface area contributed by atoms with E-state index >= 15 is 0 Å². The Hall–Kier alpha value is -3.79. The van der Waals surface area contributed by atoms with Crippen LogP contribution in [0.5, 0.6) is 0 Å². The molecule has 1 amide bonds. The van der Waals surface area contributed by atoms with Gasteiger partial charge in [0.25, 0.3) is 5.91 Å². The Kier molecular flexibility index (Phi) is 7.92. The fourth-order valence-electron chi connectivity index (χ4n) is 5.48. The lowest BCUT2D eigenvalue weighted by Gasteiger charge is -2.41. The van der Waals surface area contributed by atoms with E-state index < -0.39 is 0 Å². The van der Waals surface area contributed by atoms with E-state index in [1.165, 1.54) is 0 Å². The Morgan fingerprint density at radius 1 is 1.03 bits per heavy atom. The number of nitrogens with one attached hydrogen (secondary N) is 1. The third-order valence-corrected chi connectivity index (χ3v) is 7.65. The van der Waals surface area contributed by atoms with Crippen molar-refractivity contribution in [3.8, 4) is 11.3 Å². The van der Waals surface area contributed by atoms with Gasteiger partial charge in [-0.2, -0.15) is 4.98 Å². The summed E-state index contributed by atoms with van der Waals surface area (Å²) in [5.41, 5.74) is 4.32. The van der Waals surface area contributed by atoms with Crippen LogP contribution in [0.25, 0.3) is 11.3 Å². The largest absolute Gasteiger partial charge is 0.395 e. The van der Waals surface area contributed by atoms with E-state index in [-0.39, 0.29) is 25.1 Å². The highest BCUT2D eigenvalue weighted by molar-refractivity contribution is 5.94. The molecule has 2 aliphatic heterocycles. The molecule has 3 aromatic rings. The number of aromatic nitrogens is 4. The van der Waals surface area contributed by atoms with Crippen LogP contribution in [0.4, 0.5) is 17.6 Å². The number of amides is 1. The molecule has 39 heavy (non-hydrogen) atoms. The summed E-state index contributed by atoms with van der Waals surface area (Å²) in [4.78, 5) is 38.4. The average Bonchev–Trinajstić information content (AvgIpc) is 3.37. The van der Waals surface area contributed by atoms with E-state index in [0.29, 0.717) is 11.6 Å². The Morgan fingerprint density at radius 2 is 1.87 bits per heavy atom. The molecule has 5 rings (SSSR count). The molecule has 5 heterocycles. The van der Waals surface area contributed by atoms with Crippen molar-refractivity contribution in [3.63, 3.8) is 0 Å². The molecular formula is C29H38N8O2. The number of nitrogens with zero attached hydrogens (tertiary/aromatic N) is 7. The third-order valence-electron chi connectivity index (χ3n) is 7.65. The van der Waals surface area contributed by atoms with Gasteiger partial charge >= 0.3 is 0 Å². The van der Waals surface area contributed by atoms with Crippen molar-refractivity contribution in [2.75, 3.05) is 54.0 Å². The number of aliphatic hydroxyl groups excluding tert-OH is 1. The minimum atomic E-state index is -0.226. The number of piperazine rings is 1. The first-order chi connectivity index (χ1) is 18.8. The number of aryl methyl sites for hydroxylation is 2. The Bertz CT molecular complexity index is 1320. The van der Waals surface area contributed by atoms with E-state index in [4.69, 9.17) is 15.1 Å². The zero-order valence-corrected chi connectivity index (χ0v) is 23.3. The number of aliphatic hydroxyl groups is 1.